The molecular formula is C16H29ClN4. The van der Waals surface area contributed by atoms with Crippen LogP contribution in [0.25, 0.3) is 0 Å². The van der Waals surface area contributed by atoms with Crippen molar-refractivity contribution in [2.24, 2.45) is 17.7 Å². The van der Waals surface area contributed by atoms with E-state index in [2.05, 4.69) is 24.4 Å². The van der Waals surface area contributed by atoms with E-state index in [-0.39, 0.29) is 6.04 Å². The average molecular weight is 313 g/mol. The second-order valence-corrected chi connectivity index (χ2v) is 6.67. The minimum absolute atomic E-state index is 0.118. The third-order valence-electron chi connectivity index (χ3n) is 4.94. The Balaban J connectivity index is 2.01. The summed E-state index contributed by atoms with van der Waals surface area (Å²) in [6, 6.07) is 0.118. The van der Waals surface area contributed by atoms with Crippen molar-refractivity contribution in [3.8, 4) is 0 Å². The van der Waals surface area contributed by atoms with Crippen LogP contribution in [-0.4, -0.2) is 9.78 Å². The van der Waals surface area contributed by atoms with Crippen LogP contribution in [0.1, 0.15) is 70.5 Å². The highest BCUT2D eigenvalue weighted by atomic mass is 35.5. The van der Waals surface area contributed by atoms with E-state index in [4.69, 9.17) is 17.4 Å². The van der Waals surface area contributed by atoms with Gasteiger partial charge in [0.25, 0.3) is 0 Å². The van der Waals surface area contributed by atoms with Crippen LogP contribution in [0.3, 0.4) is 0 Å². The third-order valence-corrected chi connectivity index (χ3v) is 5.23. The van der Waals surface area contributed by atoms with E-state index >= 15 is 0 Å². The van der Waals surface area contributed by atoms with Crippen molar-refractivity contribution in [2.45, 2.75) is 71.4 Å². The second kappa shape index (κ2) is 8.16. The lowest BCUT2D eigenvalue weighted by atomic mass is 9.76. The standard InChI is InChI=1S/C16H29ClN4/c1-3-5-6-12-7-9-13(10-8-12)15(20-18)16-14(17)11-19-21(16)4-2/h11-13,15,20H,3-10,18H2,1-2H3. The van der Waals surface area contributed by atoms with Gasteiger partial charge >= 0.3 is 0 Å². The monoisotopic (exact) mass is 312 g/mol. The summed E-state index contributed by atoms with van der Waals surface area (Å²) in [6.45, 7) is 5.18. The van der Waals surface area contributed by atoms with Crippen molar-refractivity contribution < 1.29 is 0 Å². The molecule has 1 unspecified atom stereocenters. The minimum Gasteiger partial charge on any atom is -0.271 e. The molecule has 0 bridgehead atoms. The molecule has 1 aromatic heterocycles. The smallest absolute Gasteiger partial charge is 0.0834 e. The van der Waals surface area contributed by atoms with Gasteiger partial charge in [0.1, 0.15) is 0 Å². The van der Waals surface area contributed by atoms with Gasteiger partial charge in [0, 0.05) is 6.54 Å². The Labute approximate surface area is 133 Å². The fraction of sp³-hybridized carbons (Fsp3) is 0.812. The molecule has 1 atom stereocenters. The normalized spacial score (nSPS) is 24.2. The molecule has 1 heterocycles. The Bertz CT molecular complexity index is 424. The molecule has 0 radical (unpaired) electrons. The Morgan fingerprint density at radius 3 is 2.67 bits per heavy atom. The summed E-state index contributed by atoms with van der Waals surface area (Å²) in [7, 11) is 0. The molecule has 4 nitrogen and oxygen atoms in total. The molecule has 1 aromatic rings. The zero-order chi connectivity index (χ0) is 15.2. The average Bonchev–Trinajstić information content (AvgIpc) is 2.88. The number of hydrogen-bond donors (Lipinski definition) is 2. The predicted molar refractivity (Wildman–Crippen MR) is 87.9 cm³/mol. The van der Waals surface area contributed by atoms with E-state index in [1.54, 1.807) is 6.20 Å². The van der Waals surface area contributed by atoms with Crippen molar-refractivity contribution in [1.29, 1.82) is 0 Å². The lowest BCUT2D eigenvalue weighted by Crippen LogP contribution is -2.37. The number of hydrogen-bond acceptors (Lipinski definition) is 3. The van der Waals surface area contributed by atoms with Gasteiger partial charge in [0.05, 0.1) is 23.0 Å². The topological polar surface area (TPSA) is 55.9 Å². The summed E-state index contributed by atoms with van der Waals surface area (Å²) in [4.78, 5) is 0. The summed E-state index contributed by atoms with van der Waals surface area (Å²) in [6.07, 6.45) is 10.9. The van der Waals surface area contributed by atoms with Crippen LogP contribution >= 0.6 is 11.6 Å². The van der Waals surface area contributed by atoms with Crippen LogP contribution in [0.4, 0.5) is 0 Å². The molecule has 0 amide bonds. The summed E-state index contributed by atoms with van der Waals surface area (Å²) in [5, 5.41) is 5.07. The van der Waals surface area contributed by atoms with Crippen molar-refractivity contribution >= 4 is 11.6 Å². The number of nitrogens with two attached hydrogens (primary N) is 1. The molecule has 1 aliphatic rings. The Hall–Kier alpha value is -0.580. The van der Waals surface area contributed by atoms with Gasteiger partial charge in [-0.15, -0.1) is 0 Å². The minimum atomic E-state index is 0.118. The Morgan fingerprint density at radius 1 is 1.38 bits per heavy atom. The summed E-state index contributed by atoms with van der Waals surface area (Å²) >= 11 is 6.33. The Kier molecular flexibility index (Phi) is 6.52. The van der Waals surface area contributed by atoms with Gasteiger partial charge < -0.3 is 0 Å². The largest absolute Gasteiger partial charge is 0.271 e. The van der Waals surface area contributed by atoms with E-state index in [1.165, 1.54) is 44.9 Å². The number of unbranched alkanes of at least 4 members (excludes halogenated alkanes) is 1. The molecule has 1 aliphatic carbocycles. The van der Waals surface area contributed by atoms with Gasteiger partial charge in [-0.25, -0.2) is 0 Å². The van der Waals surface area contributed by atoms with Gasteiger partial charge in [-0.1, -0.05) is 50.6 Å². The van der Waals surface area contributed by atoms with E-state index in [9.17, 15) is 0 Å². The maximum Gasteiger partial charge on any atom is 0.0834 e. The van der Waals surface area contributed by atoms with Gasteiger partial charge in [-0.3, -0.25) is 16.0 Å². The molecule has 2 rings (SSSR count). The van der Waals surface area contributed by atoms with Gasteiger partial charge in [-0.2, -0.15) is 5.10 Å². The number of halogens is 1. The van der Waals surface area contributed by atoms with Crippen LogP contribution in [0.5, 0.6) is 0 Å². The third kappa shape index (κ3) is 3.99. The number of aryl methyl sites for hydroxylation is 1. The maximum absolute atomic E-state index is 6.33. The van der Waals surface area contributed by atoms with Crippen LogP contribution in [0.2, 0.25) is 5.02 Å². The first-order valence-corrected chi connectivity index (χ1v) is 8.76. The van der Waals surface area contributed by atoms with Gasteiger partial charge in [-0.05, 0) is 31.6 Å². The first-order chi connectivity index (χ1) is 10.2. The molecule has 5 heteroatoms. The SMILES string of the molecule is CCCCC1CCC(C(NN)c2c(Cl)cnn2CC)CC1. The number of rotatable bonds is 7. The number of nitrogens with one attached hydrogen (secondary N) is 1. The predicted octanol–water partition coefficient (Wildman–Crippen LogP) is 4.06. The lowest BCUT2D eigenvalue weighted by Gasteiger charge is -2.34. The van der Waals surface area contributed by atoms with Crippen molar-refractivity contribution in [1.82, 2.24) is 15.2 Å². The fourth-order valence-corrected chi connectivity index (χ4v) is 3.93. The first-order valence-electron chi connectivity index (χ1n) is 8.38. The lowest BCUT2D eigenvalue weighted by molar-refractivity contribution is 0.208. The quantitative estimate of drug-likeness (QED) is 0.589. The molecule has 0 saturated heterocycles. The zero-order valence-electron chi connectivity index (χ0n) is 13.3. The summed E-state index contributed by atoms with van der Waals surface area (Å²) < 4.78 is 1.97. The molecular weight excluding hydrogens is 284 g/mol. The molecule has 1 saturated carbocycles. The van der Waals surface area contributed by atoms with Crippen LogP contribution in [-0.2, 0) is 6.54 Å². The maximum atomic E-state index is 6.33. The fourth-order valence-electron chi connectivity index (χ4n) is 3.67. The highest BCUT2D eigenvalue weighted by Gasteiger charge is 2.31. The molecule has 0 spiro atoms. The van der Waals surface area contributed by atoms with Crippen molar-refractivity contribution in [3.05, 3.63) is 16.9 Å². The van der Waals surface area contributed by atoms with E-state index in [1.807, 2.05) is 4.68 Å². The molecule has 21 heavy (non-hydrogen) atoms. The van der Waals surface area contributed by atoms with Crippen molar-refractivity contribution in [2.75, 3.05) is 0 Å². The number of nitrogens with zero attached hydrogens (tertiary/aromatic N) is 2. The molecule has 0 aromatic carbocycles. The summed E-state index contributed by atoms with van der Waals surface area (Å²) in [5.41, 5.74) is 4.06. The van der Waals surface area contributed by atoms with Gasteiger partial charge in [0.15, 0.2) is 0 Å². The van der Waals surface area contributed by atoms with E-state index in [0.29, 0.717) is 5.92 Å². The van der Waals surface area contributed by atoms with Crippen LogP contribution in [0.15, 0.2) is 6.20 Å². The van der Waals surface area contributed by atoms with E-state index in [0.717, 1.165) is 23.2 Å². The number of hydrazine groups is 1. The van der Waals surface area contributed by atoms with Crippen molar-refractivity contribution in [3.63, 3.8) is 0 Å². The summed E-state index contributed by atoms with van der Waals surface area (Å²) in [5.74, 6) is 7.32. The van der Waals surface area contributed by atoms with Crippen LogP contribution < -0.4 is 11.3 Å². The molecule has 1 fully saturated rings. The molecule has 120 valence electrons. The molecule has 0 aliphatic heterocycles. The zero-order valence-corrected chi connectivity index (χ0v) is 14.1. The van der Waals surface area contributed by atoms with Gasteiger partial charge in [0.2, 0.25) is 0 Å². The second-order valence-electron chi connectivity index (χ2n) is 6.26. The molecule has 3 N–H and O–H groups in total. The highest BCUT2D eigenvalue weighted by Crippen LogP contribution is 2.39. The first kappa shape index (κ1) is 16.8. The Morgan fingerprint density at radius 2 is 2.10 bits per heavy atom. The highest BCUT2D eigenvalue weighted by molar-refractivity contribution is 6.31. The van der Waals surface area contributed by atoms with E-state index < -0.39 is 0 Å². The number of aromatic nitrogens is 2. The van der Waals surface area contributed by atoms with Crippen LogP contribution in [0, 0.1) is 11.8 Å².